The van der Waals surface area contributed by atoms with E-state index in [9.17, 15) is 4.79 Å². The maximum absolute atomic E-state index is 12.3. The molecule has 0 bridgehead atoms. The molecule has 0 saturated carbocycles. The molecule has 1 amide bonds. The van der Waals surface area contributed by atoms with Crippen molar-refractivity contribution < 1.29 is 14.3 Å². The van der Waals surface area contributed by atoms with Crippen molar-refractivity contribution in [1.82, 2.24) is 4.90 Å². The number of hydrogen-bond donors (Lipinski definition) is 0. The summed E-state index contributed by atoms with van der Waals surface area (Å²) < 4.78 is 11.1. The van der Waals surface area contributed by atoms with Gasteiger partial charge in [-0.1, -0.05) is 0 Å². The molecule has 110 valence electrons. The predicted octanol–water partition coefficient (Wildman–Crippen LogP) is 2.22. The zero-order chi connectivity index (χ0) is 13.5. The van der Waals surface area contributed by atoms with Gasteiger partial charge in [0.15, 0.2) is 0 Å². The summed E-state index contributed by atoms with van der Waals surface area (Å²) in [7, 11) is 0. The van der Waals surface area contributed by atoms with E-state index in [1.165, 1.54) is 12.8 Å². The molecule has 0 radical (unpaired) electrons. The van der Waals surface area contributed by atoms with Crippen LogP contribution in [0.25, 0.3) is 0 Å². The second kappa shape index (κ2) is 7.85. The number of piperidine rings is 1. The number of carbonyl (C=O) groups is 1. The van der Waals surface area contributed by atoms with Crippen LogP contribution in [0.2, 0.25) is 0 Å². The van der Waals surface area contributed by atoms with Crippen molar-refractivity contribution in [2.75, 3.05) is 32.9 Å². The zero-order valence-corrected chi connectivity index (χ0v) is 12.1. The molecule has 19 heavy (non-hydrogen) atoms. The van der Waals surface area contributed by atoms with Crippen LogP contribution in [-0.2, 0) is 14.3 Å². The van der Waals surface area contributed by atoms with Crippen molar-refractivity contribution >= 4 is 5.91 Å². The van der Waals surface area contributed by atoms with Crippen LogP contribution in [0.5, 0.6) is 0 Å². The molecule has 2 rings (SSSR count). The summed E-state index contributed by atoms with van der Waals surface area (Å²) in [6, 6.07) is 0. The fourth-order valence-corrected chi connectivity index (χ4v) is 3.00. The highest BCUT2D eigenvalue weighted by Crippen LogP contribution is 2.21. The van der Waals surface area contributed by atoms with Crippen molar-refractivity contribution in [2.45, 2.75) is 51.6 Å². The number of hydrogen-bond acceptors (Lipinski definition) is 3. The minimum atomic E-state index is 0.161. The van der Waals surface area contributed by atoms with E-state index >= 15 is 0 Å². The van der Waals surface area contributed by atoms with Crippen LogP contribution >= 0.6 is 0 Å². The van der Waals surface area contributed by atoms with Crippen LogP contribution in [-0.4, -0.2) is 49.8 Å². The molecule has 2 heterocycles. The topological polar surface area (TPSA) is 38.8 Å². The number of carbonyl (C=O) groups excluding carboxylic acids is 1. The summed E-state index contributed by atoms with van der Waals surface area (Å²) in [5.41, 5.74) is 0. The SMILES string of the molecule is CCOCC1CCCN(C(=O)CC2CCCCO2)C1. The zero-order valence-electron chi connectivity index (χ0n) is 12.1. The average molecular weight is 269 g/mol. The molecule has 2 fully saturated rings. The third-order valence-electron chi connectivity index (χ3n) is 4.11. The monoisotopic (exact) mass is 269 g/mol. The van der Waals surface area contributed by atoms with Crippen molar-refractivity contribution in [1.29, 1.82) is 0 Å². The molecule has 4 heteroatoms. The lowest BCUT2D eigenvalue weighted by Gasteiger charge is -2.34. The molecule has 0 aliphatic carbocycles. The van der Waals surface area contributed by atoms with Crippen molar-refractivity contribution in [3.05, 3.63) is 0 Å². The van der Waals surface area contributed by atoms with Gasteiger partial charge in [0, 0.05) is 26.3 Å². The van der Waals surface area contributed by atoms with Crippen LogP contribution in [0, 0.1) is 5.92 Å². The quantitative estimate of drug-likeness (QED) is 0.768. The Morgan fingerprint density at radius 2 is 2.21 bits per heavy atom. The first kappa shape index (κ1) is 14.8. The summed E-state index contributed by atoms with van der Waals surface area (Å²) in [4.78, 5) is 14.3. The Bertz CT molecular complexity index is 277. The maximum atomic E-state index is 12.3. The molecule has 4 nitrogen and oxygen atoms in total. The van der Waals surface area contributed by atoms with E-state index < -0.39 is 0 Å². The van der Waals surface area contributed by atoms with E-state index in [0.717, 1.165) is 52.2 Å². The maximum Gasteiger partial charge on any atom is 0.225 e. The number of likely N-dealkylation sites (tertiary alicyclic amines) is 1. The Labute approximate surface area is 116 Å². The standard InChI is InChI=1S/C15H27NO3/c1-2-18-12-13-6-5-8-16(11-13)15(17)10-14-7-3-4-9-19-14/h13-14H,2-12H2,1H3. The number of nitrogens with zero attached hydrogens (tertiary/aromatic N) is 1. The van der Waals surface area contributed by atoms with Crippen molar-refractivity contribution in [3.63, 3.8) is 0 Å². The van der Waals surface area contributed by atoms with Crippen molar-refractivity contribution in [3.8, 4) is 0 Å². The Hall–Kier alpha value is -0.610. The molecular weight excluding hydrogens is 242 g/mol. The fraction of sp³-hybridized carbons (Fsp3) is 0.933. The van der Waals surface area contributed by atoms with Gasteiger partial charge in [-0.15, -0.1) is 0 Å². The smallest absolute Gasteiger partial charge is 0.225 e. The molecule has 2 aliphatic rings. The van der Waals surface area contributed by atoms with Crippen LogP contribution in [0.4, 0.5) is 0 Å². The number of rotatable bonds is 5. The van der Waals surface area contributed by atoms with Gasteiger partial charge in [-0.05, 0) is 44.9 Å². The number of amides is 1. The Balaban J connectivity index is 1.74. The van der Waals surface area contributed by atoms with Gasteiger partial charge in [0.05, 0.1) is 19.1 Å². The van der Waals surface area contributed by atoms with Gasteiger partial charge in [0.2, 0.25) is 5.91 Å². The number of ether oxygens (including phenoxy) is 2. The first-order valence-electron chi connectivity index (χ1n) is 7.76. The third kappa shape index (κ3) is 4.77. The van der Waals surface area contributed by atoms with Crippen LogP contribution in [0.3, 0.4) is 0 Å². The first-order chi connectivity index (χ1) is 9.29. The molecule has 0 N–H and O–H groups in total. The van der Waals surface area contributed by atoms with E-state index in [-0.39, 0.29) is 12.0 Å². The summed E-state index contributed by atoms with van der Waals surface area (Å²) >= 11 is 0. The highest BCUT2D eigenvalue weighted by Gasteiger charge is 2.26. The summed E-state index contributed by atoms with van der Waals surface area (Å²) in [6.07, 6.45) is 6.41. The van der Waals surface area contributed by atoms with Gasteiger partial charge in [0.1, 0.15) is 0 Å². The van der Waals surface area contributed by atoms with Crippen LogP contribution in [0.1, 0.15) is 45.4 Å². The summed E-state index contributed by atoms with van der Waals surface area (Å²) in [6.45, 7) is 6.18. The molecule has 2 unspecified atom stereocenters. The largest absolute Gasteiger partial charge is 0.381 e. The van der Waals surface area contributed by atoms with Crippen LogP contribution < -0.4 is 0 Å². The molecule has 0 aromatic rings. The lowest BCUT2D eigenvalue weighted by atomic mass is 9.98. The molecule has 0 aromatic heterocycles. The van der Waals surface area contributed by atoms with Gasteiger partial charge in [-0.3, -0.25) is 4.79 Å². The second-order valence-corrected chi connectivity index (χ2v) is 5.70. The first-order valence-corrected chi connectivity index (χ1v) is 7.76. The van der Waals surface area contributed by atoms with E-state index in [4.69, 9.17) is 9.47 Å². The van der Waals surface area contributed by atoms with E-state index in [1.54, 1.807) is 0 Å². The third-order valence-corrected chi connectivity index (χ3v) is 4.11. The van der Waals surface area contributed by atoms with E-state index in [0.29, 0.717) is 12.3 Å². The molecule has 0 aromatic carbocycles. The lowest BCUT2D eigenvalue weighted by Crippen LogP contribution is -2.42. The van der Waals surface area contributed by atoms with Gasteiger partial charge >= 0.3 is 0 Å². The molecule has 2 aliphatic heterocycles. The second-order valence-electron chi connectivity index (χ2n) is 5.70. The van der Waals surface area contributed by atoms with Gasteiger partial charge in [-0.25, -0.2) is 0 Å². The van der Waals surface area contributed by atoms with E-state index in [1.807, 2.05) is 11.8 Å². The molecule has 2 saturated heterocycles. The summed E-state index contributed by atoms with van der Waals surface area (Å²) in [5, 5.41) is 0. The normalized spacial score (nSPS) is 28.4. The minimum Gasteiger partial charge on any atom is -0.381 e. The highest BCUT2D eigenvalue weighted by molar-refractivity contribution is 5.76. The Morgan fingerprint density at radius 1 is 1.32 bits per heavy atom. The van der Waals surface area contributed by atoms with Gasteiger partial charge in [-0.2, -0.15) is 0 Å². The van der Waals surface area contributed by atoms with E-state index in [2.05, 4.69) is 0 Å². The highest BCUT2D eigenvalue weighted by atomic mass is 16.5. The Kier molecular flexibility index (Phi) is 6.11. The van der Waals surface area contributed by atoms with Crippen molar-refractivity contribution in [2.24, 2.45) is 5.92 Å². The summed E-state index contributed by atoms with van der Waals surface area (Å²) in [5.74, 6) is 0.790. The van der Waals surface area contributed by atoms with Gasteiger partial charge < -0.3 is 14.4 Å². The van der Waals surface area contributed by atoms with Gasteiger partial charge in [0.25, 0.3) is 0 Å². The van der Waals surface area contributed by atoms with Crippen LogP contribution in [0.15, 0.2) is 0 Å². The minimum absolute atomic E-state index is 0.161. The molecule has 0 spiro atoms. The molecule has 2 atom stereocenters. The predicted molar refractivity (Wildman–Crippen MR) is 74.0 cm³/mol. The lowest BCUT2D eigenvalue weighted by molar-refractivity contribution is -0.137. The Morgan fingerprint density at radius 3 is 2.95 bits per heavy atom. The average Bonchev–Trinajstić information content (AvgIpc) is 2.46. The molecular formula is C15H27NO3. The fourth-order valence-electron chi connectivity index (χ4n) is 3.00.